The highest BCUT2D eigenvalue weighted by molar-refractivity contribution is 6.06. The molecule has 2 N–H and O–H groups in total. The average molecular weight is 355 g/mol. The first-order chi connectivity index (χ1) is 12.2. The highest BCUT2D eigenvalue weighted by atomic mass is 16.5. The first kappa shape index (κ1) is 19.1. The summed E-state index contributed by atoms with van der Waals surface area (Å²) in [5, 5.41) is 5.51. The third-order valence-electron chi connectivity index (χ3n) is 3.32. The maximum Gasteiger partial charge on any atom is 0.337 e. The van der Waals surface area contributed by atoms with Crippen molar-refractivity contribution in [3.05, 3.63) is 59.4 Å². The Balaban J connectivity index is 2.11. The van der Waals surface area contributed by atoms with Gasteiger partial charge in [-0.15, -0.1) is 0 Å². The fourth-order valence-electron chi connectivity index (χ4n) is 2.11. The smallest absolute Gasteiger partial charge is 0.337 e. The van der Waals surface area contributed by atoms with Crippen molar-refractivity contribution in [1.29, 1.82) is 0 Å². The number of esters is 1. The molecule has 26 heavy (non-hydrogen) atoms. The molecule has 2 amide bonds. The monoisotopic (exact) mass is 355 g/mol. The van der Waals surface area contributed by atoms with Crippen LogP contribution in [0.4, 0.5) is 5.69 Å². The molecule has 2 aromatic rings. The van der Waals surface area contributed by atoms with E-state index in [-0.39, 0.29) is 11.5 Å². The molecule has 0 saturated carbocycles. The van der Waals surface area contributed by atoms with Crippen LogP contribution < -0.4 is 10.6 Å². The van der Waals surface area contributed by atoms with Crippen molar-refractivity contribution in [3.63, 3.8) is 0 Å². The van der Waals surface area contributed by atoms with Crippen LogP contribution in [0.2, 0.25) is 0 Å². The van der Waals surface area contributed by atoms with E-state index in [1.54, 1.807) is 24.3 Å². The number of benzene rings is 1. The summed E-state index contributed by atoms with van der Waals surface area (Å²) in [5.74, 6) is -1.17. The minimum absolute atomic E-state index is 0.253. The maximum atomic E-state index is 12.4. The molecule has 0 aliphatic carbocycles. The molecule has 0 spiro atoms. The summed E-state index contributed by atoms with van der Waals surface area (Å²) < 4.78 is 4.62. The van der Waals surface area contributed by atoms with Gasteiger partial charge in [0.2, 0.25) is 0 Å². The largest absolute Gasteiger partial charge is 0.465 e. The molecule has 7 nitrogen and oxygen atoms in total. The van der Waals surface area contributed by atoms with Crippen molar-refractivity contribution in [1.82, 2.24) is 10.3 Å². The Morgan fingerprint density at radius 1 is 0.923 bits per heavy atom. The molecule has 0 atom stereocenters. The second-order valence-electron chi connectivity index (χ2n) is 6.69. The predicted molar refractivity (Wildman–Crippen MR) is 97.2 cm³/mol. The molecule has 0 aliphatic rings. The zero-order chi connectivity index (χ0) is 19.3. The molecule has 0 bridgehead atoms. The number of aromatic nitrogens is 1. The zero-order valence-corrected chi connectivity index (χ0v) is 15.1. The van der Waals surface area contributed by atoms with Crippen molar-refractivity contribution in [2.75, 3.05) is 12.4 Å². The van der Waals surface area contributed by atoms with Gasteiger partial charge in [-0.2, -0.15) is 0 Å². The molecule has 1 aromatic carbocycles. The fraction of sp³-hybridized carbons (Fsp3) is 0.263. The van der Waals surface area contributed by atoms with Crippen LogP contribution in [0.25, 0.3) is 0 Å². The van der Waals surface area contributed by atoms with Crippen LogP contribution >= 0.6 is 0 Å². The topological polar surface area (TPSA) is 97.4 Å². The second-order valence-corrected chi connectivity index (χ2v) is 6.69. The van der Waals surface area contributed by atoms with Crippen molar-refractivity contribution < 1.29 is 19.1 Å². The predicted octanol–water partition coefficient (Wildman–Crippen LogP) is 2.65. The highest BCUT2D eigenvalue weighted by Crippen LogP contribution is 2.13. The van der Waals surface area contributed by atoms with Gasteiger partial charge < -0.3 is 15.4 Å². The van der Waals surface area contributed by atoms with E-state index in [0.717, 1.165) is 0 Å². The molecule has 1 aromatic heterocycles. The van der Waals surface area contributed by atoms with Crippen molar-refractivity contribution in [3.8, 4) is 0 Å². The van der Waals surface area contributed by atoms with E-state index in [2.05, 4.69) is 20.4 Å². The third kappa shape index (κ3) is 5.14. The van der Waals surface area contributed by atoms with E-state index in [9.17, 15) is 14.4 Å². The molecule has 136 valence electrons. The minimum Gasteiger partial charge on any atom is -0.465 e. The van der Waals surface area contributed by atoms with Crippen molar-refractivity contribution in [2.45, 2.75) is 26.3 Å². The lowest BCUT2D eigenvalue weighted by Crippen LogP contribution is -2.40. The van der Waals surface area contributed by atoms with Crippen LogP contribution in [-0.2, 0) is 4.74 Å². The first-order valence-electron chi connectivity index (χ1n) is 7.97. The molecule has 1 heterocycles. The molecule has 0 radical (unpaired) electrons. The number of nitrogens with one attached hydrogen (secondary N) is 2. The van der Waals surface area contributed by atoms with Gasteiger partial charge in [0.25, 0.3) is 11.8 Å². The molecule has 7 heteroatoms. The molecular formula is C19H21N3O4. The van der Waals surface area contributed by atoms with E-state index in [1.807, 2.05) is 20.8 Å². The number of amides is 2. The quantitative estimate of drug-likeness (QED) is 0.822. The standard InChI is InChI=1S/C19H21N3O4/c1-19(2,3)22-17(24)14-9-13(10-20-11-14)16(23)21-15-7-5-12(6-8-15)18(25)26-4/h5-11H,1-4H3,(H,21,23)(H,22,24). The Hall–Kier alpha value is -3.22. The second kappa shape index (κ2) is 7.77. The number of hydrogen-bond donors (Lipinski definition) is 2. The molecule has 0 unspecified atom stereocenters. The summed E-state index contributed by atoms with van der Waals surface area (Å²) in [6.07, 6.45) is 2.79. The lowest BCUT2D eigenvalue weighted by molar-refractivity contribution is 0.0600. The van der Waals surface area contributed by atoms with Gasteiger partial charge in [-0.1, -0.05) is 0 Å². The van der Waals surface area contributed by atoms with E-state index in [4.69, 9.17) is 0 Å². The van der Waals surface area contributed by atoms with Crippen LogP contribution in [0.5, 0.6) is 0 Å². The van der Waals surface area contributed by atoms with Gasteiger partial charge in [0.1, 0.15) is 0 Å². The number of pyridine rings is 1. The fourth-order valence-corrected chi connectivity index (χ4v) is 2.11. The van der Waals surface area contributed by atoms with Crippen LogP contribution in [0.1, 0.15) is 51.8 Å². The summed E-state index contributed by atoms with van der Waals surface area (Å²) in [7, 11) is 1.30. The summed E-state index contributed by atoms with van der Waals surface area (Å²) in [6, 6.07) is 7.76. The van der Waals surface area contributed by atoms with Crippen LogP contribution in [0.15, 0.2) is 42.7 Å². The number of methoxy groups -OCH3 is 1. The van der Waals surface area contributed by atoms with Gasteiger partial charge in [0.15, 0.2) is 0 Å². The van der Waals surface area contributed by atoms with Gasteiger partial charge in [-0.25, -0.2) is 4.79 Å². The molecule has 2 rings (SSSR count). The number of carbonyl (C=O) groups is 3. The van der Waals surface area contributed by atoms with E-state index in [0.29, 0.717) is 16.8 Å². The van der Waals surface area contributed by atoms with Gasteiger partial charge >= 0.3 is 5.97 Å². The van der Waals surface area contributed by atoms with Crippen LogP contribution in [0, 0.1) is 0 Å². The number of hydrogen-bond acceptors (Lipinski definition) is 5. The van der Waals surface area contributed by atoms with Crippen LogP contribution in [0.3, 0.4) is 0 Å². The Labute approximate surface area is 151 Å². The third-order valence-corrected chi connectivity index (χ3v) is 3.32. The number of rotatable bonds is 4. The van der Waals surface area contributed by atoms with E-state index in [1.165, 1.54) is 25.6 Å². The molecule has 0 saturated heterocycles. The number of carbonyl (C=O) groups excluding carboxylic acids is 3. The first-order valence-corrected chi connectivity index (χ1v) is 7.97. The van der Waals surface area contributed by atoms with Crippen LogP contribution in [-0.4, -0.2) is 35.4 Å². The highest BCUT2D eigenvalue weighted by Gasteiger charge is 2.17. The Bertz CT molecular complexity index is 823. The molecule has 0 aliphatic heterocycles. The lowest BCUT2D eigenvalue weighted by Gasteiger charge is -2.20. The van der Waals surface area contributed by atoms with Gasteiger partial charge in [-0.3, -0.25) is 14.6 Å². The normalized spacial score (nSPS) is 10.8. The number of ether oxygens (including phenoxy) is 1. The summed E-state index contributed by atoms with van der Waals surface area (Å²) >= 11 is 0. The summed E-state index contributed by atoms with van der Waals surface area (Å²) in [5.41, 5.74) is 1.05. The lowest BCUT2D eigenvalue weighted by atomic mass is 10.1. The average Bonchev–Trinajstić information content (AvgIpc) is 2.60. The van der Waals surface area contributed by atoms with E-state index >= 15 is 0 Å². The van der Waals surface area contributed by atoms with Gasteiger partial charge in [0.05, 0.1) is 23.8 Å². The Morgan fingerprint density at radius 3 is 2.04 bits per heavy atom. The van der Waals surface area contributed by atoms with Crippen molar-refractivity contribution in [2.24, 2.45) is 0 Å². The zero-order valence-electron chi connectivity index (χ0n) is 15.1. The van der Waals surface area contributed by atoms with Crippen molar-refractivity contribution >= 4 is 23.5 Å². The van der Waals surface area contributed by atoms with Gasteiger partial charge in [-0.05, 0) is 51.1 Å². The molecular weight excluding hydrogens is 334 g/mol. The van der Waals surface area contributed by atoms with Gasteiger partial charge in [0, 0.05) is 23.6 Å². The minimum atomic E-state index is -0.454. The Kier molecular flexibility index (Phi) is 5.71. The Morgan fingerprint density at radius 2 is 1.50 bits per heavy atom. The SMILES string of the molecule is COC(=O)c1ccc(NC(=O)c2cncc(C(=O)NC(C)(C)C)c2)cc1. The van der Waals surface area contributed by atoms with E-state index < -0.39 is 17.4 Å². The number of nitrogens with zero attached hydrogens (tertiary/aromatic N) is 1. The molecule has 0 fully saturated rings. The number of anilines is 1. The summed E-state index contributed by atoms with van der Waals surface area (Å²) in [6.45, 7) is 5.60. The summed E-state index contributed by atoms with van der Waals surface area (Å²) in [4.78, 5) is 39.9. The maximum absolute atomic E-state index is 12.4.